The van der Waals surface area contributed by atoms with Crippen molar-refractivity contribution < 1.29 is 14.7 Å². The minimum atomic E-state index is -0.961. The van der Waals surface area contributed by atoms with Crippen molar-refractivity contribution in [3.05, 3.63) is 29.8 Å². The van der Waals surface area contributed by atoms with Crippen molar-refractivity contribution >= 4 is 17.6 Å². The van der Waals surface area contributed by atoms with E-state index in [1.165, 1.54) is 4.90 Å². The topological polar surface area (TPSA) is 83.6 Å². The van der Waals surface area contributed by atoms with Gasteiger partial charge in [0.25, 0.3) is 0 Å². The largest absolute Gasteiger partial charge is 0.480 e. The predicted octanol–water partition coefficient (Wildman–Crippen LogP) is 1.69. The van der Waals surface area contributed by atoms with Crippen LogP contribution in [0.1, 0.15) is 37.7 Å². The second-order valence-electron chi connectivity index (χ2n) is 6.20. The normalized spacial score (nSPS) is 23.1. The number of hydrogen-bond donors (Lipinski definition) is 2. The van der Waals surface area contributed by atoms with Gasteiger partial charge in [-0.25, -0.2) is 4.79 Å². The van der Waals surface area contributed by atoms with Crippen molar-refractivity contribution in [3.8, 4) is 0 Å². The molecule has 1 fully saturated rings. The second-order valence-corrected chi connectivity index (χ2v) is 6.20. The predicted molar refractivity (Wildman–Crippen MR) is 79.1 cm³/mol. The first kappa shape index (κ1) is 14.1. The summed E-state index contributed by atoms with van der Waals surface area (Å²) in [7, 11) is 0. The molecule has 3 rings (SSSR count). The molecule has 0 saturated heterocycles. The highest BCUT2D eigenvalue weighted by Crippen LogP contribution is 2.36. The van der Waals surface area contributed by atoms with E-state index in [-0.39, 0.29) is 12.3 Å². The number of aliphatic carboxylic acids is 1. The van der Waals surface area contributed by atoms with Crippen LogP contribution >= 0.6 is 0 Å². The van der Waals surface area contributed by atoms with Crippen LogP contribution in [0.15, 0.2) is 24.3 Å². The summed E-state index contributed by atoms with van der Waals surface area (Å²) in [6.07, 6.45) is 4.36. The van der Waals surface area contributed by atoms with Gasteiger partial charge in [-0.2, -0.15) is 0 Å². The van der Waals surface area contributed by atoms with Crippen molar-refractivity contribution in [2.45, 2.75) is 50.1 Å². The van der Waals surface area contributed by atoms with E-state index in [4.69, 9.17) is 5.73 Å². The Hall–Kier alpha value is -1.88. The number of nitrogens with two attached hydrogens (primary N) is 1. The monoisotopic (exact) mass is 288 g/mol. The highest BCUT2D eigenvalue weighted by Gasteiger charge is 2.41. The minimum Gasteiger partial charge on any atom is -0.480 e. The lowest BCUT2D eigenvalue weighted by Crippen LogP contribution is -2.48. The number of rotatable bonds is 3. The summed E-state index contributed by atoms with van der Waals surface area (Å²) in [5, 5.41) is 9.40. The molecule has 1 aliphatic carbocycles. The Morgan fingerprint density at radius 1 is 1.29 bits per heavy atom. The number of para-hydroxylation sites is 1. The summed E-state index contributed by atoms with van der Waals surface area (Å²) in [6, 6.07) is 6.59. The van der Waals surface area contributed by atoms with E-state index in [1.54, 1.807) is 0 Å². The molecule has 1 unspecified atom stereocenters. The minimum absolute atomic E-state index is 0.170. The van der Waals surface area contributed by atoms with Gasteiger partial charge in [0, 0.05) is 24.1 Å². The molecule has 1 aromatic carbocycles. The SMILES string of the molecule is NC1(CC(=O)N2c3ccccc3CC2C(=O)O)CCCC1. The summed E-state index contributed by atoms with van der Waals surface area (Å²) >= 11 is 0. The molecule has 21 heavy (non-hydrogen) atoms. The zero-order valence-corrected chi connectivity index (χ0v) is 11.9. The summed E-state index contributed by atoms with van der Waals surface area (Å²) in [5.41, 5.74) is 7.45. The van der Waals surface area contributed by atoms with E-state index in [2.05, 4.69) is 0 Å². The molecule has 5 nitrogen and oxygen atoms in total. The first-order chi connectivity index (χ1) is 10.0. The van der Waals surface area contributed by atoms with Crippen LogP contribution in [0, 0.1) is 0 Å². The molecular weight excluding hydrogens is 268 g/mol. The fraction of sp³-hybridized carbons (Fsp3) is 0.500. The average Bonchev–Trinajstić information content (AvgIpc) is 3.02. The van der Waals surface area contributed by atoms with E-state index >= 15 is 0 Å². The highest BCUT2D eigenvalue weighted by atomic mass is 16.4. The van der Waals surface area contributed by atoms with Gasteiger partial charge in [-0.05, 0) is 24.5 Å². The van der Waals surface area contributed by atoms with Crippen LogP contribution in [0.3, 0.4) is 0 Å². The zero-order chi connectivity index (χ0) is 15.0. The zero-order valence-electron chi connectivity index (χ0n) is 11.9. The van der Waals surface area contributed by atoms with Crippen LogP contribution in [-0.4, -0.2) is 28.6 Å². The van der Waals surface area contributed by atoms with Crippen LogP contribution < -0.4 is 10.6 Å². The van der Waals surface area contributed by atoms with Gasteiger partial charge in [0.2, 0.25) is 5.91 Å². The van der Waals surface area contributed by atoms with Crippen LogP contribution in [0.5, 0.6) is 0 Å². The number of amides is 1. The van der Waals surface area contributed by atoms with Gasteiger partial charge in [0.15, 0.2) is 0 Å². The standard InChI is InChI=1S/C16H20N2O3/c17-16(7-3-4-8-16)10-14(19)18-12-6-2-1-5-11(12)9-13(18)15(20)21/h1-2,5-6,13H,3-4,7-10,17H2,(H,20,21). The lowest BCUT2D eigenvalue weighted by molar-refractivity contribution is -0.140. The molecule has 0 spiro atoms. The summed E-state index contributed by atoms with van der Waals surface area (Å²) in [4.78, 5) is 25.6. The van der Waals surface area contributed by atoms with Crippen molar-refractivity contribution in [2.75, 3.05) is 4.90 Å². The molecule has 1 saturated carbocycles. The second kappa shape index (κ2) is 5.15. The number of carboxylic acid groups (broad SMARTS) is 1. The quantitative estimate of drug-likeness (QED) is 0.886. The number of anilines is 1. The van der Waals surface area contributed by atoms with E-state index in [1.807, 2.05) is 24.3 Å². The molecule has 5 heteroatoms. The number of fused-ring (bicyclic) bond motifs is 1. The first-order valence-corrected chi connectivity index (χ1v) is 7.42. The van der Waals surface area contributed by atoms with Gasteiger partial charge < -0.3 is 10.8 Å². The molecule has 0 radical (unpaired) electrons. The maximum atomic E-state index is 12.7. The van der Waals surface area contributed by atoms with E-state index in [0.29, 0.717) is 6.42 Å². The third kappa shape index (κ3) is 2.53. The Morgan fingerprint density at radius 3 is 2.62 bits per heavy atom. The maximum absolute atomic E-state index is 12.7. The molecule has 1 aliphatic heterocycles. The number of benzene rings is 1. The van der Waals surface area contributed by atoms with Crippen molar-refractivity contribution in [1.29, 1.82) is 0 Å². The number of carboxylic acids is 1. The number of carbonyl (C=O) groups is 2. The van der Waals surface area contributed by atoms with E-state index in [9.17, 15) is 14.7 Å². The Kier molecular flexibility index (Phi) is 3.45. The van der Waals surface area contributed by atoms with Gasteiger partial charge in [-0.3, -0.25) is 9.69 Å². The average molecular weight is 288 g/mol. The molecule has 1 atom stereocenters. The maximum Gasteiger partial charge on any atom is 0.327 e. The molecule has 3 N–H and O–H groups in total. The lowest BCUT2D eigenvalue weighted by Gasteiger charge is -2.28. The highest BCUT2D eigenvalue weighted by molar-refractivity contribution is 6.02. The summed E-state index contributed by atoms with van der Waals surface area (Å²) in [6.45, 7) is 0. The third-order valence-electron chi connectivity index (χ3n) is 4.63. The molecule has 2 aliphatic rings. The van der Waals surface area contributed by atoms with E-state index < -0.39 is 17.6 Å². The molecule has 1 heterocycles. The van der Waals surface area contributed by atoms with Crippen LogP contribution in [0.25, 0.3) is 0 Å². The van der Waals surface area contributed by atoms with Crippen molar-refractivity contribution in [2.24, 2.45) is 5.73 Å². The Labute approximate surface area is 123 Å². The third-order valence-corrected chi connectivity index (χ3v) is 4.63. The molecule has 1 amide bonds. The number of nitrogens with zero attached hydrogens (tertiary/aromatic N) is 1. The lowest BCUT2D eigenvalue weighted by atomic mass is 9.94. The summed E-state index contributed by atoms with van der Waals surface area (Å²) in [5.74, 6) is -1.13. The fourth-order valence-corrected chi connectivity index (χ4v) is 3.53. The van der Waals surface area contributed by atoms with Crippen molar-refractivity contribution in [3.63, 3.8) is 0 Å². The Balaban J connectivity index is 1.87. The molecular formula is C16H20N2O3. The molecule has 112 valence electrons. The Morgan fingerprint density at radius 2 is 1.95 bits per heavy atom. The van der Waals surface area contributed by atoms with Crippen molar-refractivity contribution in [1.82, 2.24) is 0 Å². The Bertz CT molecular complexity index is 579. The fourth-order valence-electron chi connectivity index (χ4n) is 3.53. The molecule has 0 bridgehead atoms. The number of carbonyl (C=O) groups excluding carboxylic acids is 1. The van der Waals surface area contributed by atoms with Gasteiger partial charge in [0.1, 0.15) is 6.04 Å². The van der Waals surface area contributed by atoms with Gasteiger partial charge in [0.05, 0.1) is 0 Å². The van der Waals surface area contributed by atoms with Crippen LogP contribution in [-0.2, 0) is 16.0 Å². The van der Waals surface area contributed by atoms with Crippen LogP contribution in [0.4, 0.5) is 5.69 Å². The molecule has 0 aromatic heterocycles. The van der Waals surface area contributed by atoms with Gasteiger partial charge in [-0.15, -0.1) is 0 Å². The summed E-state index contributed by atoms with van der Waals surface area (Å²) < 4.78 is 0. The first-order valence-electron chi connectivity index (χ1n) is 7.42. The van der Waals surface area contributed by atoms with Gasteiger partial charge in [-0.1, -0.05) is 31.0 Å². The number of hydrogen-bond acceptors (Lipinski definition) is 3. The smallest absolute Gasteiger partial charge is 0.327 e. The van der Waals surface area contributed by atoms with Crippen LogP contribution in [0.2, 0.25) is 0 Å². The van der Waals surface area contributed by atoms with Gasteiger partial charge >= 0.3 is 5.97 Å². The molecule has 1 aromatic rings. The van der Waals surface area contributed by atoms with E-state index in [0.717, 1.165) is 36.9 Å².